The standard InChI is InChI=1S/2C4H9N/c2*1-2-3-4-5/h2-3H,4-5H2,1H3;2H,1,3-5H2. The second-order valence-electron chi connectivity index (χ2n) is 1.67. The van der Waals surface area contributed by atoms with Crippen LogP contribution in [0.1, 0.15) is 13.3 Å². The van der Waals surface area contributed by atoms with Gasteiger partial charge in [0.15, 0.2) is 0 Å². The Balaban J connectivity index is 0. The van der Waals surface area contributed by atoms with Gasteiger partial charge in [0.2, 0.25) is 0 Å². The quantitative estimate of drug-likeness (QED) is 0.578. The van der Waals surface area contributed by atoms with E-state index in [1.54, 1.807) is 6.08 Å². The second-order valence-corrected chi connectivity index (χ2v) is 1.67. The fourth-order valence-electron chi connectivity index (χ4n) is 0.254. The molecule has 2 heteroatoms. The summed E-state index contributed by atoms with van der Waals surface area (Å²) in [5, 5.41) is 0. The Kier molecular flexibility index (Phi) is 19.1. The zero-order valence-electron chi connectivity index (χ0n) is 6.72. The van der Waals surface area contributed by atoms with Crippen LogP contribution in [0.3, 0.4) is 0 Å². The maximum atomic E-state index is 5.07. The molecule has 0 aliphatic heterocycles. The highest BCUT2D eigenvalue weighted by Gasteiger charge is 1.61. The lowest BCUT2D eigenvalue weighted by Gasteiger charge is -1.74. The fraction of sp³-hybridized carbons (Fsp3) is 0.500. The van der Waals surface area contributed by atoms with E-state index in [2.05, 4.69) is 6.58 Å². The van der Waals surface area contributed by atoms with Gasteiger partial charge in [-0.1, -0.05) is 18.2 Å². The summed E-state index contributed by atoms with van der Waals surface area (Å²) < 4.78 is 0. The molecule has 0 aliphatic carbocycles. The van der Waals surface area contributed by atoms with E-state index >= 15 is 0 Å². The van der Waals surface area contributed by atoms with E-state index in [0.29, 0.717) is 6.54 Å². The summed E-state index contributed by atoms with van der Waals surface area (Å²) in [4.78, 5) is 0. The zero-order valence-corrected chi connectivity index (χ0v) is 6.72. The van der Waals surface area contributed by atoms with E-state index in [4.69, 9.17) is 11.5 Å². The molecule has 0 aliphatic rings. The Hall–Kier alpha value is -0.600. The smallest absolute Gasteiger partial charge is 0.0106 e. The van der Waals surface area contributed by atoms with Gasteiger partial charge in [0.05, 0.1) is 0 Å². The molecule has 0 rings (SSSR count). The van der Waals surface area contributed by atoms with Crippen LogP contribution in [0.2, 0.25) is 0 Å². The predicted molar refractivity (Wildman–Crippen MR) is 47.7 cm³/mol. The Labute approximate surface area is 63.6 Å². The Morgan fingerprint density at radius 3 is 2.00 bits per heavy atom. The van der Waals surface area contributed by atoms with Crippen LogP contribution in [0.25, 0.3) is 0 Å². The summed E-state index contributed by atoms with van der Waals surface area (Å²) in [5.41, 5.74) is 10.1. The number of allylic oxidation sites excluding steroid dienone is 1. The molecule has 0 spiro atoms. The molecule has 0 atom stereocenters. The lowest BCUT2D eigenvalue weighted by Crippen LogP contribution is -1.94. The van der Waals surface area contributed by atoms with Crippen molar-refractivity contribution in [2.24, 2.45) is 11.5 Å². The molecule has 0 bridgehead atoms. The van der Waals surface area contributed by atoms with E-state index in [0.717, 1.165) is 13.0 Å². The van der Waals surface area contributed by atoms with Crippen molar-refractivity contribution in [1.29, 1.82) is 0 Å². The summed E-state index contributed by atoms with van der Waals surface area (Å²) >= 11 is 0. The van der Waals surface area contributed by atoms with E-state index in [1.165, 1.54) is 0 Å². The molecule has 0 saturated carbocycles. The van der Waals surface area contributed by atoms with E-state index in [-0.39, 0.29) is 0 Å². The Bertz CT molecular complexity index is 77.3. The average molecular weight is 142 g/mol. The van der Waals surface area contributed by atoms with Crippen LogP contribution in [-0.4, -0.2) is 13.1 Å². The van der Waals surface area contributed by atoms with Crippen molar-refractivity contribution in [3.8, 4) is 0 Å². The van der Waals surface area contributed by atoms with Gasteiger partial charge in [-0.2, -0.15) is 0 Å². The lowest BCUT2D eigenvalue weighted by atomic mass is 10.4. The minimum Gasteiger partial charge on any atom is -0.330 e. The average Bonchev–Trinajstić information content (AvgIpc) is 1.93. The summed E-state index contributed by atoms with van der Waals surface area (Å²) in [6.07, 6.45) is 6.57. The van der Waals surface area contributed by atoms with Gasteiger partial charge in [-0.3, -0.25) is 0 Å². The molecular weight excluding hydrogens is 124 g/mol. The van der Waals surface area contributed by atoms with Gasteiger partial charge in [-0.25, -0.2) is 0 Å². The third-order valence-electron chi connectivity index (χ3n) is 0.743. The van der Waals surface area contributed by atoms with Crippen LogP contribution in [0, 0.1) is 0 Å². The normalized spacial score (nSPS) is 8.70. The summed E-state index contributed by atoms with van der Waals surface area (Å²) in [5.74, 6) is 0. The third kappa shape index (κ3) is 26.2. The van der Waals surface area contributed by atoms with Crippen molar-refractivity contribution >= 4 is 0 Å². The van der Waals surface area contributed by atoms with Crippen LogP contribution in [0.15, 0.2) is 24.8 Å². The van der Waals surface area contributed by atoms with Gasteiger partial charge in [0, 0.05) is 6.54 Å². The zero-order chi connectivity index (χ0) is 8.24. The number of hydrogen-bond donors (Lipinski definition) is 2. The molecule has 0 fully saturated rings. The van der Waals surface area contributed by atoms with Crippen LogP contribution >= 0.6 is 0 Å². The summed E-state index contributed by atoms with van der Waals surface area (Å²) in [7, 11) is 0. The first-order valence-electron chi connectivity index (χ1n) is 3.45. The van der Waals surface area contributed by atoms with Crippen LogP contribution in [0.4, 0.5) is 0 Å². The molecule has 10 heavy (non-hydrogen) atoms. The highest BCUT2D eigenvalue weighted by Crippen LogP contribution is 1.67. The topological polar surface area (TPSA) is 52.0 Å². The van der Waals surface area contributed by atoms with Crippen molar-refractivity contribution in [2.75, 3.05) is 13.1 Å². The van der Waals surface area contributed by atoms with Gasteiger partial charge in [-0.15, -0.1) is 6.58 Å². The molecule has 0 heterocycles. The van der Waals surface area contributed by atoms with Gasteiger partial charge in [-0.05, 0) is 19.9 Å². The highest BCUT2D eigenvalue weighted by atomic mass is 14.5. The number of rotatable bonds is 3. The van der Waals surface area contributed by atoms with Crippen molar-refractivity contribution in [1.82, 2.24) is 0 Å². The molecule has 0 saturated heterocycles. The molecular formula is C8H18N2. The molecule has 0 aromatic carbocycles. The van der Waals surface area contributed by atoms with Gasteiger partial charge in [0.25, 0.3) is 0 Å². The first-order chi connectivity index (χ1) is 4.83. The van der Waals surface area contributed by atoms with Gasteiger partial charge < -0.3 is 11.5 Å². The maximum absolute atomic E-state index is 5.07. The van der Waals surface area contributed by atoms with Gasteiger partial charge >= 0.3 is 0 Å². The van der Waals surface area contributed by atoms with Crippen LogP contribution in [0.5, 0.6) is 0 Å². The molecule has 0 unspecified atom stereocenters. The minimum absolute atomic E-state index is 0.663. The minimum atomic E-state index is 0.663. The molecule has 0 aromatic heterocycles. The second kappa shape index (κ2) is 15.8. The van der Waals surface area contributed by atoms with Crippen molar-refractivity contribution in [2.45, 2.75) is 13.3 Å². The van der Waals surface area contributed by atoms with Gasteiger partial charge in [0.1, 0.15) is 0 Å². The summed E-state index contributed by atoms with van der Waals surface area (Å²) in [6.45, 7) is 6.81. The molecule has 4 N–H and O–H groups in total. The first kappa shape index (κ1) is 12.1. The molecule has 0 radical (unpaired) electrons. The maximum Gasteiger partial charge on any atom is 0.0106 e. The van der Waals surface area contributed by atoms with E-state index < -0.39 is 0 Å². The van der Waals surface area contributed by atoms with Crippen molar-refractivity contribution < 1.29 is 0 Å². The van der Waals surface area contributed by atoms with Crippen LogP contribution < -0.4 is 11.5 Å². The third-order valence-corrected chi connectivity index (χ3v) is 0.743. The molecule has 0 amide bonds. The largest absolute Gasteiger partial charge is 0.330 e. The fourth-order valence-corrected chi connectivity index (χ4v) is 0.254. The SMILES string of the molecule is C=CCCN.CC=CCN. The van der Waals surface area contributed by atoms with E-state index in [1.807, 2.05) is 19.1 Å². The Morgan fingerprint density at radius 2 is 2.00 bits per heavy atom. The lowest BCUT2D eigenvalue weighted by molar-refractivity contribution is 1.01. The first-order valence-corrected chi connectivity index (χ1v) is 3.45. The number of hydrogen-bond acceptors (Lipinski definition) is 2. The predicted octanol–water partition coefficient (Wildman–Crippen LogP) is 1.04. The highest BCUT2D eigenvalue weighted by molar-refractivity contribution is 4.76. The van der Waals surface area contributed by atoms with Crippen molar-refractivity contribution in [3.05, 3.63) is 24.8 Å². The molecule has 60 valence electrons. The molecule has 2 nitrogen and oxygen atoms in total. The van der Waals surface area contributed by atoms with E-state index in [9.17, 15) is 0 Å². The molecule has 0 aromatic rings. The monoisotopic (exact) mass is 142 g/mol. The Morgan fingerprint density at radius 1 is 1.40 bits per heavy atom. The summed E-state index contributed by atoms with van der Waals surface area (Å²) in [6, 6.07) is 0. The number of nitrogens with two attached hydrogens (primary N) is 2. The van der Waals surface area contributed by atoms with Crippen molar-refractivity contribution in [3.63, 3.8) is 0 Å². The van der Waals surface area contributed by atoms with Crippen LogP contribution in [-0.2, 0) is 0 Å².